The Morgan fingerprint density at radius 2 is 1.72 bits per heavy atom. The van der Waals surface area contributed by atoms with Crippen LogP contribution in [0.15, 0.2) is 42.5 Å². The lowest BCUT2D eigenvalue weighted by Crippen LogP contribution is -2.54. The Balaban J connectivity index is 1.36. The van der Waals surface area contributed by atoms with Gasteiger partial charge in [0.15, 0.2) is 11.5 Å². The summed E-state index contributed by atoms with van der Waals surface area (Å²) in [6, 6.07) is 13.8. The topological polar surface area (TPSA) is 62.3 Å². The molecule has 4 aliphatic rings. The van der Waals surface area contributed by atoms with Gasteiger partial charge in [0.25, 0.3) is 5.91 Å². The summed E-state index contributed by atoms with van der Waals surface area (Å²) in [6.45, 7) is 6.19. The van der Waals surface area contributed by atoms with Crippen LogP contribution in [0.25, 0.3) is 0 Å². The minimum Gasteiger partial charge on any atom is -0.454 e. The summed E-state index contributed by atoms with van der Waals surface area (Å²) in [5, 5.41) is 0. The van der Waals surface area contributed by atoms with Crippen LogP contribution in [0.1, 0.15) is 72.5 Å². The van der Waals surface area contributed by atoms with Crippen LogP contribution in [-0.2, 0) is 4.79 Å². The van der Waals surface area contributed by atoms with Gasteiger partial charge in [-0.3, -0.25) is 14.5 Å². The van der Waals surface area contributed by atoms with Crippen molar-refractivity contribution in [3.8, 4) is 11.5 Å². The Morgan fingerprint density at radius 1 is 0.972 bits per heavy atom. The zero-order valence-corrected chi connectivity index (χ0v) is 21.0. The fourth-order valence-corrected chi connectivity index (χ4v) is 6.59. The lowest BCUT2D eigenvalue weighted by molar-refractivity contribution is -0.136. The minimum atomic E-state index is -0.455. The van der Waals surface area contributed by atoms with E-state index in [0.29, 0.717) is 29.6 Å². The first kappa shape index (κ1) is 23.3. The summed E-state index contributed by atoms with van der Waals surface area (Å²) in [5.74, 6) is 1.03. The molecular formula is C29H35N3O4. The second-order valence-corrected chi connectivity index (χ2v) is 10.4. The molecule has 2 aromatic rings. The molecule has 1 aliphatic carbocycles. The van der Waals surface area contributed by atoms with Crippen molar-refractivity contribution in [2.45, 2.75) is 57.0 Å². The van der Waals surface area contributed by atoms with Crippen LogP contribution in [-0.4, -0.2) is 72.1 Å². The molecule has 0 aromatic heterocycles. The van der Waals surface area contributed by atoms with Crippen molar-refractivity contribution in [3.05, 3.63) is 59.2 Å². The zero-order valence-electron chi connectivity index (χ0n) is 21.0. The van der Waals surface area contributed by atoms with Crippen molar-refractivity contribution in [1.82, 2.24) is 14.7 Å². The van der Waals surface area contributed by atoms with Crippen molar-refractivity contribution in [2.75, 3.05) is 39.5 Å². The summed E-state index contributed by atoms with van der Waals surface area (Å²) in [5.41, 5.74) is 2.39. The molecule has 2 fully saturated rings. The van der Waals surface area contributed by atoms with Gasteiger partial charge in [-0.15, -0.1) is 0 Å². The number of nitrogens with zero attached hydrogens (tertiary/aromatic N) is 3. The van der Waals surface area contributed by atoms with Gasteiger partial charge in [0.05, 0.1) is 12.0 Å². The maximum absolute atomic E-state index is 14.3. The summed E-state index contributed by atoms with van der Waals surface area (Å²) in [4.78, 5) is 34.5. The molecular weight excluding hydrogens is 454 g/mol. The summed E-state index contributed by atoms with van der Waals surface area (Å²) in [6.07, 6.45) is 6.02. The molecule has 190 valence electrons. The van der Waals surface area contributed by atoms with Gasteiger partial charge in [0.1, 0.15) is 0 Å². The Bertz CT molecular complexity index is 1140. The number of piperazine rings is 1. The molecule has 2 aromatic carbocycles. The van der Waals surface area contributed by atoms with Gasteiger partial charge < -0.3 is 19.3 Å². The highest BCUT2D eigenvalue weighted by molar-refractivity contribution is 6.01. The molecule has 6 rings (SSSR count). The van der Waals surface area contributed by atoms with Crippen LogP contribution in [0, 0.1) is 0 Å². The third-order valence-electron chi connectivity index (χ3n) is 8.37. The first-order chi connectivity index (χ1) is 17.7. The quantitative estimate of drug-likeness (QED) is 0.630. The van der Waals surface area contributed by atoms with Crippen LogP contribution < -0.4 is 9.47 Å². The average Bonchev–Trinajstić information content (AvgIpc) is 3.62. The molecule has 7 heteroatoms. The smallest absolute Gasteiger partial charge is 0.254 e. The third kappa shape index (κ3) is 4.03. The van der Waals surface area contributed by atoms with E-state index >= 15 is 0 Å². The van der Waals surface area contributed by atoms with Crippen LogP contribution >= 0.6 is 0 Å². The fraction of sp³-hybridized carbons (Fsp3) is 0.517. The number of rotatable bonds is 5. The van der Waals surface area contributed by atoms with E-state index < -0.39 is 5.92 Å². The van der Waals surface area contributed by atoms with E-state index in [0.717, 1.165) is 43.7 Å². The molecule has 3 aliphatic heterocycles. The normalized spacial score (nSPS) is 24.3. The van der Waals surface area contributed by atoms with Gasteiger partial charge in [0, 0.05) is 44.3 Å². The van der Waals surface area contributed by atoms with Crippen LogP contribution in [0.2, 0.25) is 0 Å². The number of benzene rings is 2. The first-order valence-corrected chi connectivity index (χ1v) is 13.5. The second-order valence-electron chi connectivity index (χ2n) is 10.4. The lowest BCUT2D eigenvalue weighted by atomic mass is 9.78. The number of carbonyl (C=O) groups excluding carboxylic acids is 2. The second kappa shape index (κ2) is 9.77. The summed E-state index contributed by atoms with van der Waals surface area (Å²) < 4.78 is 11.2. The van der Waals surface area contributed by atoms with Crippen molar-refractivity contribution >= 4 is 11.8 Å². The molecule has 0 N–H and O–H groups in total. The van der Waals surface area contributed by atoms with Crippen molar-refractivity contribution < 1.29 is 19.1 Å². The van der Waals surface area contributed by atoms with Crippen LogP contribution in [0.3, 0.4) is 0 Å². The third-order valence-corrected chi connectivity index (χ3v) is 8.37. The number of hydrogen-bond acceptors (Lipinski definition) is 5. The average molecular weight is 490 g/mol. The molecule has 3 heterocycles. The Kier molecular flexibility index (Phi) is 6.34. The highest BCUT2D eigenvalue weighted by Crippen LogP contribution is 2.46. The molecule has 2 atom stereocenters. The number of hydrogen-bond donors (Lipinski definition) is 0. The molecule has 0 bridgehead atoms. The molecule has 7 nitrogen and oxygen atoms in total. The number of ether oxygens (including phenoxy) is 2. The van der Waals surface area contributed by atoms with E-state index in [4.69, 9.17) is 9.47 Å². The largest absolute Gasteiger partial charge is 0.454 e. The van der Waals surface area contributed by atoms with Gasteiger partial charge in [-0.1, -0.05) is 44.0 Å². The minimum absolute atomic E-state index is 0.00906. The predicted octanol–water partition coefficient (Wildman–Crippen LogP) is 4.19. The lowest BCUT2D eigenvalue weighted by Gasteiger charge is -2.45. The maximum Gasteiger partial charge on any atom is 0.254 e. The van der Waals surface area contributed by atoms with Crippen LogP contribution in [0.5, 0.6) is 11.5 Å². The Morgan fingerprint density at radius 3 is 2.50 bits per heavy atom. The molecule has 36 heavy (non-hydrogen) atoms. The molecule has 2 amide bonds. The number of fused-ring (bicyclic) bond motifs is 2. The van der Waals surface area contributed by atoms with E-state index in [2.05, 4.69) is 11.8 Å². The van der Waals surface area contributed by atoms with Gasteiger partial charge in [-0.05, 0) is 48.6 Å². The zero-order chi connectivity index (χ0) is 24.6. The predicted molar refractivity (Wildman–Crippen MR) is 136 cm³/mol. The Labute approximate surface area is 212 Å². The van der Waals surface area contributed by atoms with Crippen molar-refractivity contribution in [3.63, 3.8) is 0 Å². The molecule has 0 radical (unpaired) electrons. The molecule has 0 unspecified atom stereocenters. The molecule has 1 saturated carbocycles. The molecule has 0 spiro atoms. The SMILES string of the molecule is CCCN1C(=O)c2ccccc2[C@@H](C(=O)N2CCN(C3CCCC3)CC2)[C@@H]1c1ccc2c(c1)OCO2. The van der Waals surface area contributed by atoms with Crippen molar-refractivity contribution in [2.24, 2.45) is 0 Å². The molecule has 1 saturated heterocycles. The van der Waals surface area contributed by atoms with Crippen LogP contribution in [0.4, 0.5) is 0 Å². The summed E-state index contributed by atoms with van der Waals surface area (Å²) in [7, 11) is 0. The van der Waals surface area contributed by atoms with E-state index in [1.54, 1.807) is 0 Å². The number of carbonyl (C=O) groups is 2. The number of amides is 2. The standard InChI is InChI=1S/C29H35N3O4/c1-2-13-32-27(20-11-12-24-25(18-20)36-19-35-24)26(22-9-5-6-10-23(22)28(32)33)29(34)31-16-14-30(15-17-31)21-7-3-4-8-21/h5-6,9-12,18,21,26-27H,2-4,7-8,13-17,19H2,1H3/t26-,27+/m1/s1. The highest BCUT2D eigenvalue weighted by Gasteiger charge is 2.46. The maximum atomic E-state index is 14.3. The fourth-order valence-electron chi connectivity index (χ4n) is 6.59. The first-order valence-electron chi connectivity index (χ1n) is 13.5. The highest BCUT2D eigenvalue weighted by atomic mass is 16.7. The van der Waals surface area contributed by atoms with Crippen molar-refractivity contribution in [1.29, 1.82) is 0 Å². The van der Waals surface area contributed by atoms with E-state index in [9.17, 15) is 9.59 Å². The van der Waals surface area contributed by atoms with Gasteiger partial charge in [-0.2, -0.15) is 0 Å². The van der Waals surface area contributed by atoms with Gasteiger partial charge in [0.2, 0.25) is 12.7 Å². The van der Waals surface area contributed by atoms with Gasteiger partial charge >= 0.3 is 0 Å². The Hall–Kier alpha value is -3.06. The summed E-state index contributed by atoms with van der Waals surface area (Å²) >= 11 is 0. The van der Waals surface area contributed by atoms with Gasteiger partial charge in [-0.25, -0.2) is 0 Å². The van der Waals surface area contributed by atoms with E-state index in [1.165, 1.54) is 25.7 Å². The van der Waals surface area contributed by atoms with E-state index in [-0.39, 0.29) is 24.6 Å². The van der Waals surface area contributed by atoms with E-state index in [1.807, 2.05) is 52.3 Å². The monoisotopic (exact) mass is 489 g/mol.